The van der Waals surface area contributed by atoms with E-state index in [1.54, 1.807) is 12.3 Å². The molecular formula is C21H21ClN4O2. The largest absolute Gasteiger partial charge is 0.481 e. The Bertz CT molecular complexity index is 1030. The topological polar surface area (TPSA) is 71.2 Å². The monoisotopic (exact) mass is 396 g/mol. The molecule has 1 aliphatic heterocycles. The first-order valence-corrected chi connectivity index (χ1v) is 9.58. The van der Waals surface area contributed by atoms with Gasteiger partial charge in [0.15, 0.2) is 0 Å². The highest BCUT2D eigenvalue weighted by molar-refractivity contribution is 6.31. The fraction of sp³-hybridized carbons (Fsp3) is 0.286. The molecule has 28 heavy (non-hydrogen) atoms. The van der Waals surface area contributed by atoms with Crippen LogP contribution in [0.5, 0.6) is 0 Å². The van der Waals surface area contributed by atoms with Gasteiger partial charge in [-0.05, 0) is 42.4 Å². The molecule has 1 unspecified atom stereocenters. The summed E-state index contributed by atoms with van der Waals surface area (Å²) >= 11 is 6.27. The molecule has 1 aliphatic rings. The Labute approximate surface area is 168 Å². The summed E-state index contributed by atoms with van der Waals surface area (Å²) in [6.07, 6.45) is 5.88. The molecule has 0 saturated heterocycles. The number of hydrogen-bond donors (Lipinski definition) is 1. The summed E-state index contributed by atoms with van der Waals surface area (Å²) in [7, 11) is 0. The molecule has 0 bridgehead atoms. The third kappa shape index (κ3) is 3.47. The van der Waals surface area contributed by atoms with Gasteiger partial charge in [-0.25, -0.2) is 9.97 Å². The van der Waals surface area contributed by atoms with E-state index in [1.807, 2.05) is 24.4 Å². The van der Waals surface area contributed by atoms with Crippen LogP contribution in [0.3, 0.4) is 0 Å². The number of aliphatic carboxylic acids is 1. The van der Waals surface area contributed by atoms with Gasteiger partial charge in [-0.15, -0.1) is 0 Å². The Kier molecular flexibility index (Phi) is 5.05. The molecule has 3 aromatic rings. The number of carboxylic acid groups (broad SMARTS) is 1. The van der Waals surface area contributed by atoms with Crippen LogP contribution in [-0.2, 0) is 24.3 Å². The Hall–Kier alpha value is -2.86. The molecule has 0 spiro atoms. The minimum absolute atomic E-state index is 0.00419. The minimum atomic E-state index is -0.843. The molecule has 144 valence electrons. The van der Waals surface area contributed by atoms with Crippen molar-refractivity contribution in [2.24, 2.45) is 0 Å². The predicted molar refractivity (Wildman–Crippen MR) is 108 cm³/mol. The summed E-state index contributed by atoms with van der Waals surface area (Å²) in [5.41, 5.74) is 4.28. The van der Waals surface area contributed by atoms with Gasteiger partial charge < -0.3 is 14.6 Å². The average molecular weight is 397 g/mol. The highest BCUT2D eigenvalue weighted by Gasteiger charge is 2.26. The van der Waals surface area contributed by atoms with Gasteiger partial charge in [0.05, 0.1) is 13.0 Å². The van der Waals surface area contributed by atoms with E-state index in [2.05, 4.69) is 26.0 Å². The van der Waals surface area contributed by atoms with Crippen molar-refractivity contribution in [2.45, 2.75) is 31.8 Å². The highest BCUT2D eigenvalue weighted by atomic mass is 35.5. The molecule has 2 aromatic heterocycles. The molecule has 0 radical (unpaired) electrons. The van der Waals surface area contributed by atoms with E-state index in [-0.39, 0.29) is 12.3 Å². The lowest BCUT2D eigenvalue weighted by atomic mass is 10.0. The molecule has 4 rings (SSSR count). The van der Waals surface area contributed by atoms with Crippen LogP contribution in [0, 0.1) is 0 Å². The van der Waals surface area contributed by atoms with Gasteiger partial charge in [-0.3, -0.25) is 4.79 Å². The Balaban J connectivity index is 1.82. The first-order chi connectivity index (χ1) is 13.6. The van der Waals surface area contributed by atoms with E-state index in [9.17, 15) is 9.90 Å². The van der Waals surface area contributed by atoms with Gasteiger partial charge >= 0.3 is 5.97 Å². The van der Waals surface area contributed by atoms with E-state index in [0.29, 0.717) is 11.6 Å². The number of rotatable bonds is 6. The average Bonchev–Trinajstić information content (AvgIpc) is 3.00. The number of benzene rings is 1. The lowest BCUT2D eigenvalue weighted by Gasteiger charge is -2.28. The van der Waals surface area contributed by atoms with Crippen LogP contribution in [0.2, 0.25) is 5.02 Å². The second-order valence-corrected chi connectivity index (χ2v) is 7.47. The standard InChI is InChI=1S/C21H21ClN4O2/c1-2-25-8-6-16-17-10-15(22)3-4-19(17)26(20(16)12-25)11-14(9-21(27)28)18-5-7-23-13-24-18/h2-5,7,10,13-14H,1,6,8-9,11-12H2,(H,27,28). The number of nitrogens with zero attached hydrogens (tertiary/aromatic N) is 4. The second-order valence-electron chi connectivity index (χ2n) is 7.03. The molecular weight excluding hydrogens is 376 g/mol. The number of carbonyl (C=O) groups is 1. The van der Waals surface area contributed by atoms with Gasteiger partial charge in [-0.1, -0.05) is 18.2 Å². The van der Waals surface area contributed by atoms with E-state index in [4.69, 9.17) is 11.6 Å². The molecule has 1 aromatic carbocycles. The number of carboxylic acids is 1. The van der Waals surface area contributed by atoms with Crippen molar-refractivity contribution in [3.05, 3.63) is 71.5 Å². The lowest BCUT2D eigenvalue weighted by molar-refractivity contribution is -0.137. The fourth-order valence-electron chi connectivity index (χ4n) is 4.04. The fourth-order valence-corrected chi connectivity index (χ4v) is 4.21. The van der Waals surface area contributed by atoms with Crippen LogP contribution >= 0.6 is 11.6 Å². The molecule has 0 fully saturated rings. The van der Waals surface area contributed by atoms with Gasteiger partial charge in [-0.2, -0.15) is 0 Å². The quantitative estimate of drug-likeness (QED) is 0.685. The van der Waals surface area contributed by atoms with E-state index in [1.165, 1.54) is 17.6 Å². The van der Waals surface area contributed by atoms with Crippen LogP contribution < -0.4 is 0 Å². The van der Waals surface area contributed by atoms with Crippen molar-refractivity contribution >= 4 is 28.5 Å². The smallest absolute Gasteiger partial charge is 0.304 e. The molecule has 0 amide bonds. The number of aromatic nitrogens is 3. The van der Waals surface area contributed by atoms with Gasteiger partial charge in [0.1, 0.15) is 6.33 Å². The summed E-state index contributed by atoms with van der Waals surface area (Å²) in [5.74, 6) is -1.10. The van der Waals surface area contributed by atoms with Crippen molar-refractivity contribution < 1.29 is 9.90 Å². The Morgan fingerprint density at radius 3 is 2.96 bits per heavy atom. The van der Waals surface area contributed by atoms with Gasteiger partial charge in [0, 0.05) is 52.5 Å². The SMILES string of the molecule is C=CN1CCc2c(n(CC(CC(=O)O)c3ccncn3)c3ccc(Cl)cc23)C1. The summed E-state index contributed by atoms with van der Waals surface area (Å²) in [6.45, 7) is 6.09. The highest BCUT2D eigenvalue weighted by Crippen LogP contribution is 2.34. The molecule has 7 heteroatoms. The number of hydrogen-bond acceptors (Lipinski definition) is 4. The van der Waals surface area contributed by atoms with Crippen molar-refractivity contribution in [2.75, 3.05) is 6.54 Å². The maximum atomic E-state index is 11.5. The normalized spacial score (nSPS) is 14.7. The van der Waals surface area contributed by atoms with Crippen molar-refractivity contribution in [3.8, 4) is 0 Å². The van der Waals surface area contributed by atoms with Crippen LogP contribution in [0.1, 0.15) is 29.3 Å². The molecule has 6 nitrogen and oxygen atoms in total. The first kappa shape index (κ1) is 18.5. The zero-order valence-electron chi connectivity index (χ0n) is 15.4. The maximum absolute atomic E-state index is 11.5. The van der Waals surface area contributed by atoms with Crippen molar-refractivity contribution in [1.82, 2.24) is 19.4 Å². The lowest BCUT2D eigenvalue weighted by Crippen LogP contribution is -2.27. The first-order valence-electron chi connectivity index (χ1n) is 9.20. The van der Waals surface area contributed by atoms with Crippen LogP contribution in [0.25, 0.3) is 10.9 Å². The number of halogens is 1. The number of fused-ring (bicyclic) bond motifs is 3. The summed E-state index contributed by atoms with van der Waals surface area (Å²) in [4.78, 5) is 22.0. The molecule has 0 aliphatic carbocycles. The minimum Gasteiger partial charge on any atom is -0.481 e. The maximum Gasteiger partial charge on any atom is 0.304 e. The zero-order valence-corrected chi connectivity index (χ0v) is 16.1. The molecule has 1 N–H and O–H groups in total. The summed E-state index contributed by atoms with van der Waals surface area (Å²) in [6, 6.07) is 7.70. The third-order valence-electron chi connectivity index (χ3n) is 5.36. The van der Waals surface area contributed by atoms with E-state index < -0.39 is 5.97 Å². The summed E-state index contributed by atoms with van der Waals surface area (Å²) < 4.78 is 2.23. The van der Waals surface area contributed by atoms with Crippen LogP contribution in [0.4, 0.5) is 0 Å². The molecule has 1 atom stereocenters. The Morgan fingerprint density at radius 1 is 1.39 bits per heavy atom. The van der Waals surface area contributed by atoms with Crippen molar-refractivity contribution in [3.63, 3.8) is 0 Å². The third-order valence-corrected chi connectivity index (χ3v) is 5.59. The van der Waals surface area contributed by atoms with Gasteiger partial charge in [0.2, 0.25) is 0 Å². The Morgan fingerprint density at radius 2 is 2.25 bits per heavy atom. The van der Waals surface area contributed by atoms with Crippen molar-refractivity contribution in [1.29, 1.82) is 0 Å². The van der Waals surface area contributed by atoms with Crippen LogP contribution in [-0.4, -0.2) is 37.1 Å². The van der Waals surface area contributed by atoms with E-state index in [0.717, 1.165) is 36.1 Å². The molecule has 3 heterocycles. The molecule has 0 saturated carbocycles. The van der Waals surface area contributed by atoms with Gasteiger partial charge in [0.25, 0.3) is 0 Å². The second kappa shape index (κ2) is 7.64. The van der Waals surface area contributed by atoms with E-state index >= 15 is 0 Å². The predicted octanol–water partition coefficient (Wildman–Crippen LogP) is 3.84. The summed E-state index contributed by atoms with van der Waals surface area (Å²) in [5, 5.41) is 11.3. The van der Waals surface area contributed by atoms with Crippen LogP contribution in [0.15, 0.2) is 49.6 Å². The zero-order chi connectivity index (χ0) is 19.7.